The number of methoxy groups -OCH3 is 1. The van der Waals surface area contributed by atoms with Crippen LogP contribution in [-0.4, -0.2) is 58.1 Å². The summed E-state index contributed by atoms with van der Waals surface area (Å²) in [5.74, 6) is -0.251. The number of hydrogen-bond acceptors (Lipinski definition) is 8. The summed E-state index contributed by atoms with van der Waals surface area (Å²) in [7, 11) is 3.44. The fourth-order valence-electron chi connectivity index (χ4n) is 5.08. The Morgan fingerprint density at radius 2 is 1.94 bits per heavy atom. The lowest BCUT2D eigenvalue weighted by atomic mass is 10.0. The number of benzene rings is 2. The minimum absolute atomic E-state index is 0.160. The average Bonchev–Trinajstić information content (AvgIpc) is 3.45. The van der Waals surface area contributed by atoms with E-state index in [1.165, 1.54) is 24.2 Å². The van der Waals surface area contributed by atoms with E-state index in [1.54, 1.807) is 17.9 Å². The molecule has 4 aromatic rings. The summed E-state index contributed by atoms with van der Waals surface area (Å²) in [5.41, 5.74) is 4.25. The van der Waals surface area contributed by atoms with Crippen molar-refractivity contribution in [1.82, 2.24) is 20.1 Å². The molecule has 2 aliphatic rings. The van der Waals surface area contributed by atoms with Crippen molar-refractivity contribution >= 4 is 49.7 Å². The van der Waals surface area contributed by atoms with E-state index in [0.29, 0.717) is 33.6 Å². The summed E-state index contributed by atoms with van der Waals surface area (Å²) in [4.78, 5) is 20.5. The highest BCUT2D eigenvalue weighted by molar-refractivity contribution is 7.21. The normalized spacial score (nSPS) is 16.7. The molecule has 0 spiro atoms. The number of carbonyl (C=O) groups excluding carboxylic acids is 1. The van der Waals surface area contributed by atoms with E-state index in [0.717, 1.165) is 53.3 Å². The number of thiazole rings is 1. The van der Waals surface area contributed by atoms with E-state index in [4.69, 9.17) is 4.74 Å². The molecule has 36 heavy (non-hydrogen) atoms. The van der Waals surface area contributed by atoms with Gasteiger partial charge in [0.05, 0.1) is 35.2 Å². The summed E-state index contributed by atoms with van der Waals surface area (Å²) in [6, 6.07) is 8.84. The van der Waals surface area contributed by atoms with Gasteiger partial charge in [-0.3, -0.25) is 9.48 Å². The first-order chi connectivity index (χ1) is 17.5. The Labute approximate surface area is 213 Å². The zero-order valence-corrected chi connectivity index (χ0v) is 21.3. The molecule has 1 saturated heterocycles. The molecule has 3 heterocycles. The molecule has 0 unspecified atom stereocenters. The van der Waals surface area contributed by atoms with Gasteiger partial charge in [0.1, 0.15) is 5.52 Å². The first-order valence-electron chi connectivity index (χ1n) is 12.4. The summed E-state index contributed by atoms with van der Waals surface area (Å²) in [6.45, 7) is 1.78. The second-order valence-electron chi connectivity index (χ2n) is 9.68. The molecule has 0 atom stereocenters. The maximum absolute atomic E-state index is 13.4. The van der Waals surface area contributed by atoms with Crippen LogP contribution in [0.2, 0.25) is 0 Å². The maximum atomic E-state index is 13.4. The third-order valence-corrected chi connectivity index (χ3v) is 8.08. The summed E-state index contributed by atoms with van der Waals surface area (Å²) >= 11 is 1.47. The summed E-state index contributed by atoms with van der Waals surface area (Å²) in [6.07, 6.45) is 6.71. The van der Waals surface area contributed by atoms with Crippen molar-refractivity contribution in [3.63, 3.8) is 0 Å². The molecule has 9 nitrogen and oxygen atoms in total. The highest BCUT2D eigenvalue weighted by Gasteiger charge is 2.28. The van der Waals surface area contributed by atoms with Crippen LogP contribution in [0, 0.1) is 0 Å². The van der Waals surface area contributed by atoms with Crippen molar-refractivity contribution in [3.8, 4) is 5.19 Å². The zero-order valence-electron chi connectivity index (χ0n) is 20.5. The molecule has 0 bridgehead atoms. The van der Waals surface area contributed by atoms with E-state index in [-0.39, 0.29) is 12.5 Å². The van der Waals surface area contributed by atoms with Gasteiger partial charge in [-0.25, -0.2) is 4.98 Å². The monoisotopic (exact) mass is 506 g/mol. The van der Waals surface area contributed by atoms with Crippen molar-refractivity contribution in [3.05, 3.63) is 41.6 Å². The van der Waals surface area contributed by atoms with Crippen LogP contribution in [0.4, 0.5) is 11.4 Å². The number of aliphatic hydroxyl groups is 1. The molecule has 10 heteroatoms. The minimum Gasteiger partial charge on any atom is -0.473 e. The second-order valence-corrected chi connectivity index (χ2v) is 10.6. The topological polar surface area (TPSA) is 105 Å². The number of anilines is 2. The third kappa shape index (κ3) is 4.40. The molecular weight excluding hydrogens is 476 g/mol. The standard InChI is InChI=1S/C26H30N6O3S/c1-31-13-15-11-19(12-16(14-33)22(15)30-31)28-25(34)20-5-6-21(24-23(20)29-26(35-2)36-24)32-9-7-18(8-10-32)27-17-3-4-17/h5-6,11-13,17-18,27,33H,3-4,7-10,14H2,1-2H3,(H,28,34). The van der Waals surface area contributed by atoms with E-state index in [1.807, 2.05) is 31.4 Å². The highest BCUT2D eigenvalue weighted by Crippen LogP contribution is 2.39. The van der Waals surface area contributed by atoms with Crippen molar-refractivity contribution < 1.29 is 14.6 Å². The molecular formula is C26H30N6O3S. The van der Waals surface area contributed by atoms with E-state index in [2.05, 4.69) is 25.6 Å². The quantitative estimate of drug-likeness (QED) is 0.351. The third-order valence-electron chi connectivity index (χ3n) is 7.04. The van der Waals surface area contributed by atoms with Crippen molar-refractivity contribution in [1.29, 1.82) is 0 Å². The molecule has 2 fully saturated rings. The molecule has 188 valence electrons. The summed E-state index contributed by atoms with van der Waals surface area (Å²) < 4.78 is 8.12. The Bertz CT molecular complexity index is 1430. The maximum Gasteiger partial charge on any atom is 0.274 e. The van der Waals surface area contributed by atoms with Gasteiger partial charge in [0.15, 0.2) is 0 Å². The van der Waals surface area contributed by atoms with Crippen LogP contribution in [0.1, 0.15) is 41.6 Å². The number of piperidine rings is 1. The Morgan fingerprint density at radius 1 is 1.17 bits per heavy atom. The highest BCUT2D eigenvalue weighted by atomic mass is 32.1. The van der Waals surface area contributed by atoms with Crippen LogP contribution in [0.15, 0.2) is 30.5 Å². The van der Waals surface area contributed by atoms with Crippen molar-refractivity contribution in [2.45, 2.75) is 44.4 Å². The number of nitrogens with zero attached hydrogens (tertiary/aromatic N) is 4. The van der Waals surface area contributed by atoms with Crippen LogP contribution in [0.25, 0.3) is 21.1 Å². The molecule has 6 rings (SSSR count). The first kappa shape index (κ1) is 23.2. The number of carbonyl (C=O) groups is 1. The van der Waals surface area contributed by atoms with Gasteiger partial charge in [0.2, 0.25) is 0 Å². The molecule has 1 amide bonds. The Kier molecular flexibility index (Phi) is 6.02. The first-order valence-corrected chi connectivity index (χ1v) is 13.2. The molecule has 1 saturated carbocycles. The van der Waals surface area contributed by atoms with Crippen molar-refractivity contribution in [2.75, 3.05) is 30.4 Å². The van der Waals surface area contributed by atoms with Crippen LogP contribution in [0.5, 0.6) is 5.19 Å². The van der Waals surface area contributed by atoms with Gasteiger partial charge >= 0.3 is 0 Å². The Hall–Kier alpha value is -3.21. The predicted molar refractivity (Wildman–Crippen MR) is 142 cm³/mol. The lowest BCUT2D eigenvalue weighted by Gasteiger charge is -2.34. The molecule has 2 aromatic carbocycles. The minimum atomic E-state index is -0.251. The van der Waals surface area contributed by atoms with Gasteiger partial charge in [-0.15, -0.1) is 0 Å². The molecule has 2 aromatic heterocycles. The van der Waals surface area contributed by atoms with Gasteiger partial charge in [0.25, 0.3) is 11.1 Å². The van der Waals surface area contributed by atoms with E-state index >= 15 is 0 Å². The number of fused-ring (bicyclic) bond motifs is 2. The number of aliphatic hydroxyl groups excluding tert-OH is 1. The number of aromatic nitrogens is 3. The fraction of sp³-hybridized carbons (Fsp3) is 0.423. The van der Waals surface area contributed by atoms with Crippen LogP contribution < -0.4 is 20.3 Å². The van der Waals surface area contributed by atoms with E-state index in [9.17, 15) is 9.90 Å². The van der Waals surface area contributed by atoms with Gasteiger partial charge < -0.3 is 25.4 Å². The largest absolute Gasteiger partial charge is 0.473 e. The number of amides is 1. The number of nitrogens with one attached hydrogen (secondary N) is 2. The number of ether oxygens (including phenoxy) is 1. The van der Waals surface area contributed by atoms with E-state index < -0.39 is 0 Å². The van der Waals surface area contributed by atoms with Gasteiger partial charge in [0, 0.05) is 55.1 Å². The lowest BCUT2D eigenvalue weighted by molar-refractivity contribution is 0.102. The predicted octanol–water partition coefficient (Wildman–Crippen LogP) is 3.66. The Balaban J connectivity index is 1.28. The van der Waals surface area contributed by atoms with Gasteiger partial charge in [-0.05, 0) is 49.9 Å². The SMILES string of the molecule is COc1nc2c(C(=O)Nc3cc(CO)c4nn(C)cc4c3)ccc(N3CCC(NC4CC4)CC3)c2s1. The summed E-state index contributed by atoms with van der Waals surface area (Å²) in [5, 5.41) is 22.4. The fourth-order valence-corrected chi connectivity index (χ4v) is 6.03. The zero-order chi connectivity index (χ0) is 24.8. The van der Waals surface area contributed by atoms with Gasteiger partial charge in [-0.2, -0.15) is 5.10 Å². The smallest absolute Gasteiger partial charge is 0.274 e. The Morgan fingerprint density at radius 3 is 2.67 bits per heavy atom. The second kappa shape index (κ2) is 9.34. The van der Waals surface area contributed by atoms with Gasteiger partial charge in [-0.1, -0.05) is 11.3 Å². The van der Waals surface area contributed by atoms with Crippen LogP contribution in [-0.2, 0) is 13.7 Å². The average molecular weight is 507 g/mol. The lowest BCUT2D eigenvalue weighted by Crippen LogP contribution is -2.43. The molecule has 1 aliphatic carbocycles. The number of aryl methyl sites for hydroxylation is 1. The van der Waals surface area contributed by atoms with Crippen LogP contribution in [0.3, 0.4) is 0 Å². The number of rotatable bonds is 7. The molecule has 3 N–H and O–H groups in total. The number of hydrogen-bond donors (Lipinski definition) is 3. The molecule has 0 radical (unpaired) electrons. The molecule has 1 aliphatic heterocycles. The van der Waals surface area contributed by atoms with Crippen LogP contribution >= 0.6 is 11.3 Å². The van der Waals surface area contributed by atoms with Crippen molar-refractivity contribution in [2.24, 2.45) is 7.05 Å².